The summed E-state index contributed by atoms with van der Waals surface area (Å²) in [7, 11) is 2.10. The van der Waals surface area contributed by atoms with Gasteiger partial charge in [-0.05, 0) is 32.2 Å². The van der Waals surface area contributed by atoms with Gasteiger partial charge in [0, 0.05) is 56.7 Å². The van der Waals surface area contributed by atoms with Crippen molar-refractivity contribution in [2.24, 2.45) is 0 Å². The van der Waals surface area contributed by atoms with Gasteiger partial charge in [-0.1, -0.05) is 6.07 Å². The Balaban J connectivity index is 1.50. The summed E-state index contributed by atoms with van der Waals surface area (Å²) in [6.07, 6.45) is -2.30. The Morgan fingerprint density at radius 2 is 1.91 bits per heavy atom. The molecular formula is C22H26F3N7. The van der Waals surface area contributed by atoms with E-state index in [4.69, 9.17) is 0 Å². The zero-order valence-corrected chi connectivity index (χ0v) is 18.2. The van der Waals surface area contributed by atoms with Gasteiger partial charge in [-0.3, -0.25) is 4.90 Å². The molecule has 1 aromatic heterocycles. The average Bonchev–Trinajstić information content (AvgIpc) is 2.72. The molecule has 4 rings (SSSR count). The average molecular weight is 445 g/mol. The Bertz CT molecular complexity index is 1000. The molecule has 2 aliphatic rings. The van der Waals surface area contributed by atoms with Gasteiger partial charge in [-0.15, -0.1) is 0 Å². The van der Waals surface area contributed by atoms with Crippen molar-refractivity contribution in [3.63, 3.8) is 0 Å². The number of piperazine rings is 1. The molecule has 2 saturated heterocycles. The van der Waals surface area contributed by atoms with Crippen LogP contribution in [0.2, 0.25) is 0 Å². The molecule has 170 valence electrons. The number of benzene rings is 1. The van der Waals surface area contributed by atoms with E-state index in [-0.39, 0.29) is 17.2 Å². The number of hydrogen-bond acceptors (Lipinski definition) is 7. The molecule has 7 nitrogen and oxygen atoms in total. The summed E-state index contributed by atoms with van der Waals surface area (Å²) < 4.78 is 39.0. The maximum absolute atomic E-state index is 13.0. The topological polar surface area (TPSA) is 71.3 Å². The van der Waals surface area contributed by atoms with Crippen molar-refractivity contribution in [1.29, 1.82) is 5.26 Å². The van der Waals surface area contributed by atoms with Crippen molar-refractivity contribution in [3.8, 4) is 6.07 Å². The Morgan fingerprint density at radius 1 is 1.19 bits per heavy atom. The number of aryl methyl sites for hydroxylation is 1. The Labute approximate surface area is 185 Å². The second-order valence-corrected chi connectivity index (χ2v) is 8.61. The molecule has 32 heavy (non-hydrogen) atoms. The predicted molar refractivity (Wildman–Crippen MR) is 116 cm³/mol. The molecule has 0 bridgehead atoms. The number of anilines is 3. The lowest BCUT2D eigenvalue weighted by Gasteiger charge is -2.57. The minimum Gasteiger partial charge on any atom is -0.352 e. The Morgan fingerprint density at radius 3 is 2.56 bits per heavy atom. The third-order valence-corrected chi connectivity index (χ3v) is 6.24. The van der Waals surface area contributed by atoms with E-state index in [1.165, 1.54) is 6.07 Å². The van der Waals surface area contributed by atoms with E-state index in [2.05, 4.69) is 43.1 Å². The van der Waals surface area contributed by atoms with Gasteiger partial charge >= 0.3 is 6.18 Å². The predicted octanol–water partition coefficient (Wildman–Crippen LogP) is 3.27. The van der Waals surface area contributed by atoms with Gasteiger partial charge in [0.1, 0.15) is 5.82 Å². The molecule has 0 atom stereocenters. The second kappa shape index (κ2) is 8.56. The lowest BCUT2D eigenvalue weighted by atomic mass is 9.84. The smallest absolute Gasteiger partial charge is 0.352 e. The molecular weight excluding hydrogens is 419 g/mol. The molecule has 2 fully saturated rings. The van der Waals surface area contributed by atoms with Crippen molar-refractivity contribution in [2.45, 2.75) is 25.1 Å². The maximum Gasteiger partial charge on any atom is 0.416 e. The van der Waals surface area contributed by atoms with Crippen molar-refractivity contribution in [2.75, 3.05) is 56.5 Å². The highest BCUT2D eigenvalue weighted by Gasteiger charge is 2.48. The first-order chi connectivity index (χ1) is 15.2. The highest BCUT2D eigenvalue weighted by Crippen LogP contribution is 2.36. The van der Waals surface area contributed by atoms with Crippen molar-refractivity contribution in [1.82, 2.24) is 19.8 Å². The zero-order valence-electron chi connectivity index (χ0n) is 18.2. The fourth-order valence-electron chi connectivity index (χ4n) is 4.38. The normalized spacial score (nSPS) is 19.3. The quantitative estimate of drug-likeness (QED) is 0.757. The van der Waals surface area contributed by atoms with E-state index in [1.54, 1.807) is 12.3 Å². The van der Waals surface area contributed by atoms with Crippen molar-refractivity contribution >= 4 is 17.5 Å². The Hall–Kier alpha value is -2.90. The summed E-state index contributed by atoms with van der Waals surface area (Å²) in [5.74, 6) is 0.972. The van der Waals surface area contributed by atoms with Crippen LogP contribution in [0.25, 0.3) is 0 Å². The molecule has 0 aliphatic carbocycles. The van der Waals surface area contributed by atoms with Gasteiger partial charge in [-0.2, -0.15) is 23.4 Å². The largest absolute Gasteiger partial charge is 0.416 e. The summed E-state index contributed by atoms with van der Waals surface area (Å²) in [6, 6.07) is 7.31. The molecule has 0 amide bonds. The molecule has 2 aromatic rings. The molecule has 0 spiro atoms. The lowest BCUT2D eigenvalue weighted by Crippen LogP contribution is -2.72. The number of nitrogens with one attached hydrogen (secondary N) is 1. The summed E-state index contributed by atoms with van der Waals surface area (Å²) in [6.45, 7) is 7.09. The van der Waals surface area contributed by atoms with Crippen molar-refractivity contribution in [3.05, 3.63) is 41.6 Å². The number of rotatable bonds is 5. The third kappa shape index (κ3) is 4.49. The minimum atomic E-state index is -4.41. The lowest BCUT2D eigenvalue weighted by molar-refractivity contribution is -0.137. The molecule has 1 N–H and O–H groups in total. The number of hydrogen-bond donors (Lipinski definition) is 1. The van der Waals surface area contributed by atoms with Gasteiger partial charge in [0.05, 0.1) is 23.6 Å². The SMILES string of the molecule is Cc1cnc(Nc2cccc(C(F)(F)F)c2)nc1N1CC(CC#N)(N2CCN(C)CC2)C1. The highest BCUT2D eigenvalue weighted by atomic mass is 19.4. The summed E-state index contributed by atoms with van der Waals surface area (Å²) >= 11 is 0. The van der Waals surface area contributed by atoms with E-state index in [0.29, 0.717) is 19.5 Å². The first-order valence-corrected chi connectivity index (χ1v) is 10.5. The summed E-state index contributed by atoms with van der Waals surface area (Å²) in [5, 5.41) is 12.3. The van der Waals surface area contributed by atoms with Crippen LogP contribution in [0, 0.1) is 18.3 Å². The number of nitrogens with zero attached hydrogens (tertiary/aromatic N) is 6. The van der Waals surface area contributed by atoms with Gasteiger partial charge in [0.15, 0.2) is 0 Å². The van der Waals surface area contributed by atoms with Crippen LogP contribution in [0.1, 0.15) is 17.5 Å². The Kier molecular flexibility index (Phi) is 5.97. The van der Waals surface area contributed by atoms with Crippen LogP contribution in [0.5, 0.6) is 0 Å². The molecule has 1 aromatic carbocycles. The number of aromatic nitrogens is 2. The molecule has 0 unspecified atom stereocenters. The number of halogens is 3. The minimum absolute atomic E-state index is 0.192. The molecule has 0 radical (unpaired) electrons. The fraction of sp³-hybridized carbons (Fsp3) is 0.500. The van der Waals surface area contributed by atoms with Crippen LogP contribution in [-0.2, 0) is 6.18 Å². The number of alkyl halides is 3. The summed E-state index contributed by atoms with van der Waals surface area (Å²) in [4.78, 5) is 15.6. The van der Waals surface area contributed by atoms with E-state index in [0.717, 1.165) is 49.7 Å². The summed E-state index contributed by atoms with van der Waals surface area (Å²) in [5.41, 5.74) is 0.228. The fourth-order valence-corrected chi connectivity index (χ4v) is 4.38. The van der Waals surface area contributed by atoms with Crippen LogP contribution in [-0.4, -0.2) is 71.6 Å². The van der Waals surface area contributed by atoms with E-state index >= 15 is 0 Å². The van der Waals surface area contributed by atoms with Crippen LogP contribution in [0.4, 0.5) is 30.6 Å². The van der Waals surface area contributed by atoms with Crippen molar-refractivity contribution < 1.29 is 13.2 Å². The molecule has 2 aliphatic heterocycles. The van der Waals surface area contributed by atoms with Gasteiger partial charge < -0.3 is 15.1 Å². The van der Waals surface area contributed by atoms with Crippen LogP contribution in [0.15, 0.2) is 30.5 Å². The first-order valence-electron chi connectivity index (χ1n) is 10.5. The van der Waals surface area contributed by atoms with Gasteiger partial charge in [-0.25, -0.2) is 4.98 Å². The van der Waals surface area contributed by atoms with Crippen LogP contribution >= 0.6 is 0 Å². The zero-order chi connectivity index (χ0) is 22.9. The second-order valence-electron chi connectivity index (χ2n) is 8.61. The van der Waals surface area contributed by atoms with Crippen LogP contribution < -0.4 is 10.2 Å². The third-order valence-electron chi connectivity index (χ3n) is 6.24. The molecule has 0 saturated carbocycles. The van der Waals surface area contributed by atoms with Gasteiger partial charge in [0.25, 0.3) is 0 Å². The van der Waals surface area contributed by atoms with E-state index in [1.807, 2.05) is 6.92 Å². The highest BCUT2D eigenvalue weighted by molar-refractivity contribution is 5.59. The standard InChI is InChI=1S/C22H26F3N7/c1-16-13-27-20(28-18-5-3-4-17(12-18)22(23,24)25)29-19(16)31-14-21(15-31,6-7-26)32-10-8-30(2)9-11-32/h3-5,12-13H,6,8-11,14-15H2,1-2H3,(H,27,28,29). The van der Waals surface area contributed by atoms with Gasteiger partial charge in [0.2, 0.25) is 5.95 Å². The number of nitriles is 1. The monoisotopic (exact) mass is 445 g/mol. The van der Waals surface area contributed by atoms with E-state index < -0.39 is 11.7 Å². The van der Waals surface area contributed by atoms with E-state index in [9.17, 15) is 18.4 Å². The molecule has 10 heteroatoms. The first kappa shape index (κ1) is 22.3. The molecule has 3 heterocycles. The maximum atomic E-state index is 13.0. The van der Waals surface area contributed by atoms with Crippen LogP contribution in [0.3, 0.4) is 0 Å². The number of likely N-dealkylation sites (N-methyl/N-ethyl adjacent to an activating group) is 1.